The summed E-state index contributed by atoms with van der Waals surface area (Å²) in [4.78, 5) is 1.55. The van der Waals surface area contributed by atoms with E-state index in [4.69, 9.17) is 0 Å². The molecular weight excluding hydrogens is 212 g/mol. The third-order valence-electron chi connectivity index (χ3n) is 2.43. The summed E-state index contributed by atoms with van der Waals surface area (Å²) in [6, 6.07) is 2.69. The lowest BCUT2D eigenvalue weighted by molar-refractivity contribution is 0.185. The highest BCUT2D eigenvalue weighted by molar-refractivity contribution is 5.54. The van der Waals surface area contributed by atoms with E-state index in [1.807, 2.05) is 0 Å². The maximum atomic E-state index is 13.6. The number of halogens is 2. The maximum absolute atomic E-state index is 13.6. The van der Waals surface area contributed by atoms with Crippen molar-refractivity contribution in [3.8, 4) is 0 Å². The molecule has 0 spiro atoms. The SMILES string of the molecule is C[C@H](O)CCc1ccc(F)c(F)c1N(C)C. The highest BCUT2D eigenvalue weighted by Gasteiger charge is 2.15. The zero-order valence-corrected chi connectivity index (χ0v) is 9.80. The minimum Gasteiger partial charge on any atom is -0.393 e. The van der Waals surface area contributed by atoms with E-state index in [-0.39, 0.29) is 5.69 Å². The standard InChI is InChI=1S/C12H17F2NO/c1-8(16)4-5-9-6-7-10(13)11(14)12(9)15(2)3/h6-8,16H,4-5H2,1-3H3/t8-/m0/s1. The van der Waals surface area contributed by atoms with Crippen LogP contribution in [0.25, 0.3) is 0 Å². The molecule has 0 aromatic heterocycles. The topological polar surface area (TPSA) is 23.5 Å². The second kappa shape index (κ2) is 5.25. The van der Waals surface area contributed by atoms with E-state index in [0.29, 0.717) is 18.4 Å². The Balaban J connectivity index is 3.03. The van der Waals surface area contributed by atoms with Crippen LogP contribution >= 0.6 is 0 Å². The van der Waals surface area contributed by atoms with Gasteiger partial charge in [-0.1, -0.05) is 6.07 Å². The van der Waals surface area contributed by atoms with Crippen molar-refractivity contribution >= 4 is 5.69 Å². The molecule has 2 nitrogen and oxygen atoms in total. The van der Waals surface area contributed by atoms with Gasteiger partial charge in [-0.25, -0.2) is 8.78 Å². The fraction of sp³-hybridized carbons (Fsp3) is 0.500. The Morgan fingerprint density at radius 1 is 1.31 bits per heavy atom. The Labute approximate surface area is 94.5 Å². The molecule has 90 valence electrons. The summed E-state index contributed by atoms with van der Waals surface area (Å²) < 4.78 is 26.6. The summed E-state index contributed by atoms with van der Waals surface area (Å²) in [6.07, 6.45) is 0.622. The molecular formula is C12H17F2NO. The van der Waals surface area contributed by atoms with Gasteiger partial charge in [-0.3, -0.25) is 0 Å². The summed E-state index contributed by atoms with van der Waals surface area (Å²) >= 11 is 0. The van der Waals surface area contributed by atoms with E-state index in [0.717, 1.165) is 6.07 Å². The van der Waals surface area contributed by atoms with Crippen molar-refractivity contribution in [2.75, 3.05) is 19.0 Å². The third-order valence-corrected chi connectivity index (χ3v) is 2.43. The molecule has 0 heterocycles. The number of aliphatic hydroxyl groups excluding tert-OH is 1. The Morgan fingerprint density at radius 2 is 1.94 bits per heavy atom. The molecule has 1 rings (SSSR count). The molecule has 0 saturated heterocycles. The van der Waals surface area contributed by atoms with Crippen molar-refractivity contribution < 1.29 is 13.9 Å². The minimum absolute atomic E-state index is 0.264. The smallest absolute Gasteiger partial charge is 0.182 e. The molecule has 1 aromatic carbocycles. The molecule has 0 bridgehead atoms. The highest BCUT2D eigenvalue weighted by atomic mass is 19.2. The van der Waals surface area contributed by atoms with Gasteiger partial charge >= 0.3 is 0 Å². The lowest BCUT2D eigenvalue weighted by Gasteiger charge is -2.19. The number of anilines is 1. The van der Waals surface area contributed by atoms with Gasteiger partial charge < -0.3 is 10.0 Å². The first-order valence-electron chi connectivity index (χ1n) is 5.25. The Hall–Kier alpha value is -1.16. The molecule has 0 aliphatic rings. The molecule has 4 heteroatoms. The molecule has 0 radical (unpaired) electrons. The average molecular weight is 229 g/mol. The van der Waals surface area contributed by atoms with E-state index in [9.17, 15) is 13.9 Å². The number of rotatable bonds is 4. The number of benzene rings is 1. The van der Waals surface area contributed by atoms with Crippen molar-refractivity contribution in [2.45, 2.75) is 25.9 Å². The van der Waals surface area contributed by atoms with Gasteiger partial charge in [0, 0.05) is 14.1 Å². The molecule has 16 heavy (non-hydrogen) atoms. The van der Waals surface area contributed by atoms with Crippen LogP contribution in [-0.4, -0.2) is 25.3 Å². The van der Waals surface area contributed by atoms with Crippen LogP contribution < -0.4 is 4.90 Å². The Bertz CT molecular complexity index is 364. The fourth-order valence-electron chi connectivity index (χ4n) is 1.63. The summed E-state index contributed by atoms with van der Waals surface area (Å²) in [7, 11) is 3.34. The predicted molar refractivity (Wildman–Crippen MR) is 60.7 cm³/mol. The van der Waals surface area contributed by atoms with Crippen molar-refractivity contribution in [3.63, 3.8) is 0 Å². The van der Waals surface area contributed by atoms with Gasteiger partial charge in [0.05, 0.1) is 11.8 Å². The van der Waals surface area contributed by atoms with E-state index in [1.54, 1.807) is 32.0 Å². The number of aryl methyl sites for hydroxylation is 1. The van der Waals surface area contributed by atoms with Crippen LogP contribution in [0, 0.1) is 11.6 Å². The van der Waals surface area contributed by atoms with E-state index in [2.05, 4.69) is 0 Å². The summed E-state index contributed by atoms with van der Waals surface area (Å²) in [5, 5.41) is 9.19. The molecule has 0 aliphatic heterocycles. The first-order valence-corrected chi connectivity index (χ1v) is 5.25. The van der Waals surface area contributed by atoms with Gasteiger partial charge in [-0.05, 0) is 31.4 Å². The van der Waals surface area contributed by atoms with Crippen LogP contribution in [-0.2, 0) is 6.42 Å². The molecule has 0 amide bonds. The number of hydrogen-bond donors (Lipinski definition) is 1. The van der Waals surface area contributed by atoms with Crippen LogP contribution in [0.15, 0.2) is 12.1 Å². The van der Waals surface area contributed by atoms with Crippen molar-refractivity contribution in [1.29, 1.82) is 0 Å². The van der Waals surface area contributed by atoms with E-state index >= 15 is 0 Å². The van der Waals surface area contributed by atoms with Crippen molar-refractivity contribution in [2.24, 2.45) is 0 Å². The summed E-state index contributed by atoms with van der Waals surface area (Å²) in [5.74, 6) is -1.67. The van der Waals surface area contributed by atoms with Crippen LogP contribution in [0.5, 0.6) is 0 Å². The molecule has 0 saturated carbocycles. The lowest BCUT2D eigenvalue weighted by atomic mass is 10.0. The largest absolute Gasteiger partial charge is 0.393 e. The molecule has 0 aliphatic carbocycles. The van der Waals surface area contributed by atoms with Gasteiger partial charge in [0.25, 0.3) is 0 Å². The normalized spacial score (nSPS) is 12.6. The van der Waals surface area contributed by atoms with Crippen molar-refractivity contribution in [1.82, 2.24) is 0 Å². The van der Waals surface area contributed by atoms with Crippen LogP contribution in [0.3, 0.4) is 0 Å². The third kappa shape index (κ3) is 2.92. The molecule has 0 unspecified atom stereocenters. The second-order valence-electron chi connectivity index (χ2n) is 4.15. The first-order chi connectivity index (χ1) is 7.43. The van der Waals surface area contributed by atoms with E-state index < -0.39 is 17.7 Å². The van der Waals surface area contributed by atoms with Gasteiger partial charge in [0.15, 0.2) is 11.6 Å². The number of hydrogen-bond acceptors (Lipinski definition) is 2. The van der Waals surface area contributed by atoms with Gasteiger partial charge in [0.2, 0.25) is 0 Å². The van der Waals surface area contributed by atoms with Crippen LogP contribution in [0.2, 0.25) is 0 Å². The predicted octanol–water partition coefficient (Wildman–Crippen LogP) is 2.34. The molecule has 1 N–H and O–H groups in total. The van der Waals surface area contributed by atoms with Crippen LogP contribution in [0.1, 0.15) is 18.9 Å². The maximum Gasteiger partial charge on any atom is 0.182 e. The summed E-state index contributed by atoms with van der Waals surface area (Å²) in [5.41, 5.74) is 0.977. The van der Waals surface area contributed by atoms with Crippen molar-refractivity contribution in [3.05, 3.63) is 29.3 Å². The van der Waals surface area contributed by atoms with Gasteiger partial charge in [0.1, 0.15) is 0 Å². The lowest BCUT2D eigenvalue weighted by Crippen LogP contribution is -2.15. The van der Waals surface area contributed by atoms with E-state index in [1.165, 1.54) is 0 Å². The Kier molecular flexibility index (Phi) is 4.24. The molecule has 1 aromatic rings. The quantitative estimate of drug-likeness (QED) is 0.856. The van der Waals surface area contributed by atoms with Gasteiger partial charge in [-0.15, -0.1) is 0 Å². The highest BCUT2D eigenvalue weighted by Crippen LogP contribution is 2.26. The van der Waals surface area contributed by atoms with Crippen LogP contribution in [0.4, 0.5) is 14.5 Å². The molecule has 1 atom stereocenters. The monoisotopic (exact) mass is 229 g/mol. The minimum atomic E-state index is -0.843. The fourth-order valence-corrected chi connectivity index (χ4v) is 1.63. The molecule has 0 fully saturated rings. The Morgan fingerprint density at radius 3 is 2.44 bits per heavy atom. The summed E-state index contributed by atoms with van der Waals surface area (Å²) in [6.45, 7) is 1.68. The first kappa shape index (κ1) is 12.9. The van der Waals surface area contributed by atoms with Gasteiger partial charge in [-0.2, -0.15) is 0 Å². The number of nitrogens with zero attached hydrogens (tertiary/aromatic N) is 1. The second-order valence-corrected chi connectivity index (χ2v) is 4.15. The average Bonchev–Trinajstić information content (AvgIpc) is 2.19. The number of aliphatic hydroxyl groups is 1. The zero-order valence-electron chi connectivity index (χ0n) is 9.80. The zero-order chi connectivity index (χ0) is 12.3.